The molecular formula is C9H11F3Si. The lowest BCUT2D eigenvalue weighted by molar-refractivity contribution is 0.450. The molecule has 0 amide bonds. The highest BCUT2D eigenvalue weighted by atomic mass is 28.3. The lowest BCUT2D eigenvalue weighted by atomic mass is 10.3. The minimum atomic E-state index is -1.91. The Bertz CT molecular complexity index is 328. The second-order valence-corrected chi connectivity index (χ2v) is 9.01. The van der Waals surface area contributed by atoms with Crippen LogP contribution in [0.4, 0.5) is 13.2 Å². The molecule has 0 N–H and O–H groups in total. The minimum Gasteiger partial charge on any atom is -0.204 e. The van der Waals surface area contributed by atoms with E-state index in [9.17, 15) is 13.2 Å². The van der Waals surface area contributed by atoms with Crippen molar-refractivity contribution in [3.05, 3.63) is 29.6 Å². The molecule has 4 heteroatoms. The highest BCUT2D eigenvalue weighted by Crippen LogP contribution is 2.12. The van der Waals surface area contributed by atoms with Crippen LogP contribution in [0.1, 0.15) is 0 Å². The van der Waals surface area contributed by atoms with Crippen LogP contribution in [0.5, 0.6) is 0 Å². The van der Waals surface area contributed by atoms with Gasteiger partial charge in [-0.15, -0.1) is 0 Å². The van der Waals surface area contributed by atoms with Gasteiger partial charge in [0.2, 0.25) is 0 Å². The van der Waals surface area contributed by atoms with Gasteiger partial charge in [-0.2, -0.15) is 0 Å². The average Bonchev–Trinajstić information content (AvgIpc) is 1.98. The fraction of sp³-hybridized carbons (Fsp3) is 0.333. The van der Waals surface area contributed by atoms with Gasteiger partial charge in [-0.05, 0) is 11.3 Å². The standard InChI is InChI=1S/C9H11F3Si/c1-13(2,3)7-5-4-6(10)8(11)9(7)12/h4-5H,1-3H3. The van der Waals surface area contributed by atoms with Crippen molar-refractivity contribution in [2.24, 2.45) is 0 Å². The number of benzene rings is 1. The number of rotatable bonds is 1. The van der Waals surface area contributed by atoms with Crippen molar-refractivity contribution in [3.63, 3.8) is 0 Å². The normalized spacial score (nSPS) is 11.8. The molecule has 1 rings (SSSR count). The first-order valence-corrected chi connectivity index (χ1v) is 7.48. The summed E-state index contributed by atoms with van der Waals surface area (Å²) in [6.45, 7) is 5.63. The Labute approximate surface area is 76.4 Å². The van der Waals surface area contributed by atoms with Crippen molar-refractivity contribution >= 4 is 13.3 Å². The molecular weight excluding hydrogens is 193 g/mol. The quantitative estimate of drug-likeness (QED) is 0.487. The predicted octanol–water partition coefficient (Wildman–Crippen LogP) is 2.65. The van der Waals surface area contributed by atoms with Gasteiger partial charge >= 0.3 is 0 Å². The Morgan fingerprint density at radius 3 is 1.92 bits per heavy atom. The molecule has 0 aliphatic heterocycles. The molecule has 0 radical (unpaired) electrons. The van der Waals surface area contributed by atoms with Gasteiger partial charge in [-0.3, -0.25) is 0 Å². The molecule has 0 aromatic heterocycles. The van der Waals surface area contributed by atoms with Crippen LogP contribution in [0.15, 0.2) is 12.1 Å². The van der Waals surface area contributed by atoms with Crippen LogP contribution in [0.25, 0.3) is 0 Å². The molecule has 0 nitrogen and oxygen atoms in total. The lowest BCUT2D eigenvalue weighted by Gasteiger charge is -2.17. The van der Waals surface area contributed by atoms with E-state index in [0.29, 0.717) is 5.19 Å². The number of halogens is 3. The fourth-order valence-corrected chi connectivity index (χ4v) is 2.46. The Morgan fingerprint density at radius 1 is 0.923 bits per heavy atom. The molecule has 0 fully saturated rings. The first-order valence-electron chi connectivity index (χ1n) is 3.98. The van der Waals surface area contributed by atoms with Gasteiger partial charge in [0.15, 0.2) is 17.5 Å². The minimum absolute atomic E-state index is 0.325. The van der Waals surface area contributed by atoms with Crippen molar-refractivity contribution in [3.8, 4) is 0 Å². The summed E-state index contributed by atoms with van der Waals surface area (Å²) in [5, 5.41) is 0.325. The van der Waals surface area contributed by atoms with Crippen LogP contribution >= 0.6 is 0 Å². The SMILES string of the molecule is C[Si](C)(C)c1ccc(F)c(F)c1F. The summed E-state index contributed by atoms with van der Waals surface area (Å²) in [5.41, 5.74) is 0. The lowest BCUT2D eigenvalue weighted by Crippen LogP contribution is -2.40. The maximum Gasteiger partial charge on any atom is 0.194 e. The van der Waals surface area contributed by atoms with Gasteiger partial charge in [-0.25, -0.2) is 13.2 Å². The molecule has 0 aliphatic rings. The summed E-state index contributed by atoms with van der Waals surface area (Å²) in [5.74, 6) is -3.52. The maximum absolute atomic E-state index is 13.2. The third-order valence-corrected chi connectivity index (χ3v) is 3.85. The summed E-state index contributed by atoms with van der Waals surface area (Å²) >= 11 is 0. The third kappa shape index (κ3) is 1.93. The number of hydrogen-bond donors (Lipinski definition) is 0. The van der Waals surface area contributed by atoms with Gasteiger partial charge in [-0.1, -0.05) is 25.7 Å². The molecule has 0 aliphatic carbocycles. The van der Waals surface area contributed by atoms with E-state index >= 15 is 0 Å². The number of hydrogen-bond acceptors (Lipinski definition) is 0. The second kappa shape index (κ2) is 3.18. The van der Waals surface area contributed by atoms with Crippen molar-refractivity contribution in [1.29, 1.82) is 0 Å². The molecule has 0 spiro atoms. The van der Waals surface area contributed by atoms with Gasteiger partial charge in [0, 0.05) is 0 Å². The molecule has 0 saturated heterocycles. The molecule has 72 valence electrons. The van der Waals surface area contributed by atoms with Crippen molar-refractivity contribution in [2.45, 2.75) is 19.6 Å². The maximum atomic E-state index is 13.2. The highest BCUT2D eigenvalue weighted by Gasteiger charge is 2.24. The van der Waals surface area contributed by atoms with Crippen LogP contribution in [-0.2, 0) is 0 Å². The predicted molar refractivity (Wildman–Crippen MR) is 49.3 cm³/mol. The average molecular weight is 204 g/mol. The summed E-state index contributed by atoms with van der Waals surface area (Å²) in [6, 6.07) is 2.31. The van der Waals surface area contributed by atoms with Gasteiger partial charge < -0.3 is 0 Å². The van der Waals surface area contributed by atoms with E-state index in [1.54, 1.807) is 0 Å². The molecule has 0 unspecified atom stereocenters. The van der Waals surface area contributed by atoms with Crippen molar-refractivity contribution in [1.82, 2.24) is 0 Å². The topological polar surface area (TPSA) is 0 Å². The fourth-order valence-electron chi connectivity index (χ4n) is 1.11. The zero-order valence-corrected chi connectivity index (χ0v) is 8.79. The molecule has 0 atom stereocenters. The Balaban J connectivity index is 3.35. The van der Waals surface area contributed by atoms with E-state index in [2.05, 4.69) is 0 Å². The van der Waals surface area contributed by atoms with Crippen LogP contribution in [0.2, 0.25) is 19.6 Å². The van der Waals surface area contributed by atoms with Crippen LogP contribution in [0.3, 0.4) is 0 Å². The molecule has 1 aromatic rings. The Morgan fingerprint density at radius 2 is 1.46 bits per heavy atom. The van der Waals surface area contributed by atoms with E-state index in [4.69, 9.17) is 0 Å². The van der Waals surface area contributed by atoms with Crippen LogP contribution < -0.4 is 5.19 Å². The largest absolute Gasteiger partial charge is 0.204 e. The van der Waals surface area contributed by atoms with Crippen molar-refractivity contribution < 1.29 is 13.2 Å². The molecule has 0 heterocycles. The van der Waals surface area contributed by atoms with Gasteiger partial charge in [0.05, 0.1) is 8.07 Å². The third-order valence-electron chi connectivity index (χ3n) is 1.84. The second-order valence-electron chi connectivity index (χ2n) is 3.97. The summed E-state index contributed by atoms with van der Waals surface area (Å²) < 4.78 is 38.5. The molecule has 0 bridgehead atoms. The van der Waals surface area contributed by atoms with Crippen LogP contribution in [0, 0.1) is 17.5 Å². The smallest absolute Gasteiger partial charge is 0.194 e. The molecule has 0 saturated carbocycles. The van der Waals surface area contributed by atoms with E-state index in [0.717, 1.165) is 6.07 Å². The summed E-state index contributed by atoms with van der Waals surface area (Å²) in [7, 11) is -1.91. The summed E-state index contributed by atoms with van der Waals surface area (Å²) in [6.07, 6.45) is 0. The van der Waals surface area contributed by atoms with E-state index in [1.807, 2.05) is 19.6 Å². The van der Waals surface area contributed by atoms with E-state index in [1.165, 1.54) is 6.07 Å². The molecule has 13 heavy (non-hydrogen) atoms. The van der Waals surface area contributed by atoms with Crippen molar-refractivity contribution in [2.75, 3.05) is 0 Å². The molecule has 1 aromatic carbocycles. The van der Waals surface area contributed by atoms with Gasteiger partial charge in [0.1, 0.15) is 0 Å². The first kappa shape index (κ1) is 10.3. The van der Waals surface area contributed by atoms with Crippen LogP contribution in [-0.4, -0.2) is 8.07 Å². The van der Waals surface area contributed by atoms with Gasteiger partial charge in [0.25, 0.3) is 0 Å². The van der Waals surface area contributed by atoms with E-state index in [-0.39, 0.29) is 0 Å². The monoisotopic (exact) mass is 204 g/mol. The zero-order chi connectivity index (χ0) is 10.2. The first-order chi connectivity index (χ1) is 5.84. The summed E-state index contributed by atoms with van der Waals surface area (Å²) in [4.78, 5) is 0. The Kier molecular flexibility index (Phi) is 2.52. The van der Waals surface area contributed by atoms with E-state index < -0.39 is 25.5 Å². The Hall–Kier alpha value is -0.773. The zero-order valence-electron chi connectivity index (χ0n) is 7.79. The highest BCUT2D eigenvalue weighted by molar-refractivity contribution is 6.88.